The van der Waals surface area contributed by atoms with Gasteiger partial charge >= 0.3 is 0 Å². The zero-order valence-corrected chi connectivity index (χ0v) is 9.26. The summed E-state index contributed by atoms with van der Waals surface area (Å²) in [5.41, 5.74) is 1.58. The maximum absolute atomic E-state index is 4.13. The van der Waals surface area contributed by atoms with Crippen molar-refractivity contribution in [3.05, 3.63) is 28.5 Å². The molecule has 0 saturated heterocycles. The third-order valence-electron chi connectivity index (χ3n) is 2.96. The van der Waals surface area contributed by atoms with E-state index in [1.807, 2.05) is 13.2 Å². The average molecular weight is 241 g/mol. The first-order valence-corrected chi connectivity index (χ1v) is 5.37. The number of hydrogen-bond donors (Lipinski definition) is 1. The first-order chi connectivity index (χ1) is 6.27. The van der Waals surface area contributed by atoms with Gasteiger partial charge in [0.15, 0.2) is 0 Å². The van der Waals surface area contributed by atoms with Crippen LogP contribution in [0.3, 0.4) is 0 Å². The minimum absolute atomic E-state index is 0.228. The summed E-state index contributed by atoms with van der Waals surface area (Å²) in [7, 11) is 2.04. The van der Waals surface area contributed by atoms with Crippen molar-refractivity contribution in [3.8, 4) is 0 Å². The molecule has 2 nitrogen and oxygen atoms in total. The minimum Gasteiger partial charge on any atom is -0.310 e. The lowest BCUT2D eigenvalue weighted by atomic mass is 9.72. The van der Waals surface area contributed by atoms with E-state index in [1.165, 1.54) is 24.8 Å². The highest BCUT2D eigenvalue weighted by atomic mass is 79.9. The summed E-state index contributed by atoms with van der Waals surface area (Å²) in [6, 6.07) is 4.20. The predicted octanol–water partition coefficient (Wildman–Crippen LogP) is 2.44. The second kappa shape index (κ2) is 3.39. The predicted molar refractivity (Wildman–Crippen MR) is 56.5 cm³/mol. The van der Waals surface area contributed by atoms with Crippen molar-refractivity contribution in [1.82, 2.24) is 10.3 Å². The fraction of sp³-hybridized carbons (Fsp3) is 0.500. The molecule has 0 aromatic carbocycles. The Morgan fingerprint density at radius 2 is 2.31 bits per heavy atom. The van der Waals surface area contributed by atoms with Crippen molar-refractivity contribution in [1.29, 1.82) is 0 Å². The fourth-order valence-electron chi connectivity index (χ4n) is 1.91. The van der Waals surface area contributed by atoms with Crippen LogP contribution < -0.4 is 5.32 Å². The van der Waals surface area contributed by atoms with E-state index in [0.29, 0.717) is 0 Å². The molecule has 0 radical (unpaired) electrons. The topological polar surface area (TPSA) is 24.9 Å². The number of nitrogens with zero attached hydrogens (tertiary/aromatic N) is 1. The van der Waals surface area contributed by atoms with Gasteiger partial charge in [-0.15, -0.1) is 0 Å². The molecule has 3 heteroatoms. The molecule has 1 heterocycles. The summed E-state index contributed by atoms with van der Waals surface area (Å²) in [6.45, 7) is 0. The Hall–Kier alpha value is -0.410. The molecule has 1 saturated carbocycles. The summed E-state index contributed by atoms with van der Waals surface area (Å²) in [5.74, 6) is 0. The van der Waals surface area contributed by atoms with Gasteiger partial charge in [-0.25, -0.2) is 4.98 Å². The highest BCUT2D eigenvalue weighted by Gasteiger charge is 2.36. The van der Waals surface area contributed by atoms with Crippen LogP contribution in [0.15, 0.2) is 22.9 Å². The van der Waals surface area contributed by atoms with Crippen LogP contribution >= 0.6 is 15.9 Å². The van der Waals surface area contributed by atoms with Crippen molar-refractivity contribution >= 4 is 15.9 Å². The number of hydrogen-bond acceptors (Lipinski definition) is 2. The first kappa shape index (κ1) is 9.16. The lowest BCUT2D eigenvalue weighted by molar-refractivity contribution is 0.201. The molecule has 1 aromatic heterocycles. The van der Waals surface area contributed by atoms with Crippen molar-refractivity contribution in [3.63, 3.8) is 0 Å². The Labute approximate surface area is 86.9 Å². The van der Waals surface area contributed by atoms with Crippen LogP contribution in [-0.2, 0) is 5.54 Å². The standard InChI is InChI=1S/C10H13BrN2/c1-12-10(4-2-5-10)8-3-6-13-9(11)7-8/h3,6-7,12H,2,4-5H2,1H3. The average Bonchev–Trinajstić information content (AvgIpc) is 2.03. The Morgan fingerprint density at radius 3 is 2.77 bits per heavy atom. The Balaban J connectivity index is 2.33. The van der Waals surface area contributed by atoms with E-state index < -0.39 is 0 Å². The van der Waals surface area contributed by atoms with Crippen molar-refractivity contribution < 1.29 is 0 Å². The summed E-state index contributed by atoms with van der Waals surface area (Å²) < 4.78 is 0.923. The summed E-state index contributed by atoms with van der Waals surface area (Å²) in [5, 5.41) is 3.41. The van der Waals surface area contributed by atoms with E-state index in [1.54, 1.807) is 0 Å². The van der Waals surface area contributed by atoms with E-state index in [-0.39, 0.29) is 5.54 Å². The van der Waals surface area contributed by atoms with Gasteiger partial charge in [-0.2, -0.15) is 0 Å². The molecule has 0 bridgehead atoms. The molecule has 70 valence electrons. The molecule has 0 atom stereocenters. The minimum atomic E-state index is 0.228. The zero-order valence-electron chi connectivity index (χ0n) is 7.68. The third kappa shape index (κ3) is 1.51. The van der Waals surface area contributed by atoms with Gasteiger partial charge in [0.1, 0.15) is 4.60 Å². The fourth-order valence-corrected chi connectivity index (χ4v) is 2.28. The first-order valence-electron chi connectivity index (χ1n) is 4.58. The van der Waals surface area contributed by atoms with Gasteiger partial charge in [0.25, 0.3) is 0 Å². The quantitative estimate of drug-likeness (QED) is 0.804. The van der Waals surface area contributed by atoms with Crippen LogP contribution in [0.1, 0.15) is 24.8 Å². The molecule has 0 unspecified atom stereocenters. The van der Waals surface area contributed by atoms with Crippen LogP contribution in [0.2, 0.25) is 0 Å². The monoisotopic (exact) mass is 240 g/mol. The molecule has 0 aliphatic heterocycles. The van der Waals surface area contributed by atoms with Crippen molar-refractivity contribution in [2.45, 2.75) is 24.8 Å². The van der Waals surface area contributed by atoms with E-state index in [2.05, 4.69) is 38.4 Å². The molecule has 13 heavy (non-hydrogen) atoms. The molecular formula is C10H13BrN2. The van der Waals surface area contributed by atoms with Crippen LogP contribution in [0.25, 0.3) is 0 Å². The Morgan fingerprint density at radius 1 is 1.54 bits per heavy atom. The summed E-state index contributed by atoms with van der Waals surface area (Å²) >= 11 is 3.40. The second-order valence-corrected chi connectivity index (χ2v) is 4.37. The number of halogens is 1. The Bertz CT molecular complexity index is 302. The molecule has 0 amide bonds. The second-order valence-electron chi connectivity index (χ2n) is 3.55. The van der Waals surface area contributed by atoms with Gasteiger partial charge in [0.05, 0.1) is 0 Å². The zero-order chi connectivity index (χ0) is 9.31. The highest BCUT2D eigenvalue weighted by Crippen LogP contribution is 2.41. The normalized spacial score (nSPS) is 19.5. The third-order valence-corrected chi connectivity index (χ3v) is 3.40. The van der Waals surface area contributed by atoms with E-state index in [4.69, 9.17) is 0 Å². The van der Waals surface area contributed by atoms with Crippen LogP contribution in [0.4, 0.5) is 0 Å². The molecule has 0 spiro atoms. The maximum atomic E-state index is 4.13. The van der Waals surface area contributed by atoms with Gasteiger partial charge in [-0.3, -0.25) is 0 Å². The van der Waals surface area contributed by atoms with Crippen LogP contribution in [0.5, 0.6) is 0 Å². The van der Waals surface area contributed by atoms with Gasteiger partial charge < -0.3 is 5.32 Å². The Kier molecular flexibility index (Phi) is 2.39. The number of nitrogens with one attached hydrogen (secondary N) is 1. The molecule has 1 fully saturated rings. The van der Waals surface area contributed by atoms with Gasteiger partial charge in [0.2, 0.25) is 0 Å². The number of rotatable bonds is 2. The van der Waals surface area contributed by atoms with Crippen molar-refractivity contribution in [2.24, 2.45) is 0 Å². The molecule has 1 aliphatic carbocycles. The number of aromatic nitrogens is 1. The summed E-state index contributed by atoms with van der Waals surface area (Å²) in [6.07, 6.45) is 5.65. The maximum Gasteiger partial charge on any atom is 0.106 e. The highest BCUT2D eigenvalue weighted by molar-refractivity contribution is 9.10. The van der Waals surface area contributed by atoms with Gasteiger partial charge in [-0.05, 0) is 59.9 Å². The van der Waals surface area contributed by atoms with Gasteiger partial charge in [0, 0.05) is 11.7 Å². The van der Waals surface area contributed by atoms with Crippen LogP contribution in [0, 0.1) is 0 Å². The van der Waals surface area contributed by atoms with E-state index in [0.717, 1.165) is 4.60 Å². The molecule has 1 N–H and O–H groups in total. The van der Waals surface area contributed by atoms with E-state index in [9.17, 15) is 0 Å². The lowest BCUT2D eigenvalue weighted by Crippen LogP contribution is -2.45. The molecule has 1 aliphatic rings. The largest absolute Gasteiger partial charge is 0.310 e. The smallest absolute Gasteiger partial charge is 0.106 e. The van der Waals surface area contributed by atoms with Crippen molar-refractivity contribution in [2.75, 3.05) is 7.05 Å². The SMILES string of the molecule is CNC1(c2ccnc(Br)c2)CCC1. The van der Waals surface area contributed by atoms with E-state index >= 15 is 0 Å². The molecule has 1 aromatic rings. The molecular weight excluding hydrogens is 228 g/mol. The van der Waals surface area contributed by atoms with Crippen LogP contribution in [-0.4, -0.2) is 12.0 Å². The lowest BCUT2D eigenvalue weighted by Gasteiger charge is -2.42. The number of pyridine rings is 1. The molecule has 2 rings (SSSR count). The summed E-state index contributed by atoms with van der Waals surface area (Å²) in [4.78, 5) is 4.13. The van der Waals surface area contributed by atoms with Gasteiger partial charge in [-0.1, -0.05) is 0 Å².